The number of carbonyl (C=O) groups is 1. The van der Waals surface area contributed by atoms with Crippen molar-refractivity contribution in [1.29, 1.82) is 0 Å². The molecule has 1 aromatic carbocycles. The Morgan fingerprint density at radius 1 is 1.04 bits per heavy atom. The summed E-state index contributed by atoms with van der Waals surface area (Å²) in [7, 11) is -4.13. The number of rotatable bonds is 5. The number of urea groups is 1. The normalized spacial score (nSPS) is 11.7. The van der Waals surface area contributed by atoms with Gasteiger partial charge in [0, 0.05) is 5.69 Å². The summed E-state index contributed by atoms with van der Waals surface area (Å²) >= 11 is 0. The third-order valence-electron chi connectivity index (χ3n) is 3.94. The van der Waals surface area contributed by atoms with E-state index in [9.17, 15) is 17.6 Å². The fourth-order valence-electron chi connectivity index (χ4n) is 2.54. The van der Waals surface area contributed by atoms with Crippen molar-refractivity contribution in [2.45, 2.75) is 51.3 Å². The number of nitrogens with zero attached hydrogens (tertiary/aromatic N) is 2. The highest BCUT2D eigenvalue weighted by Crippen LogP contribution is 2.33. The number of hydrogen-bond donors (Lipinski definition) is 2. The number of aryl methyl sites for hydroxylation is 1. The summed E-state index contributed by atoms with van der Waals surface area (Å²) in [5.41, 5.74) is 1.59. The van der Waals surface area contributed by atoms with Gasteiger partial charge >= 0.3 is 6.03 Å². The minimum atomic E-state index is -4.13. The van der Waals surface area contributed by atoms with E-state index in [0.717, 1.165) is 12.4 Å². The zero-order valence-corrected chi connectivity index (χ0v) is 16.7. The average molecular weight is 394 g/mol. The van der Waals surface area contributed by atoms with Gasteiger partial charge in [0.1, 0.15) is 16.5 Å². The first-order chi connectivity index (χ1) is 12.5. The molecule has 0 saturated carbocycles. The molecule has 2 aromatic rings. The maximum atomic E-state index is 14.0. The average Bonchev–Trinajstić information content (AvgIpc) is 2.55. The van der Waals surface area contributed by atoms with Crippen molar-refractivity contribution in [3.8, 4) is 0 Å². The van der Waals surface area contributed by atoms with E-state index in [0.29, 0.717) is 22.6 Å². The second-order valence-electron chi connectivity index (χ2n) is 6.79. The van der Waals surface area contributed by atoms with E-state index in [1.165, 1.54) is 12.1 Å². The quantitative estimate of drug-likeness (QED) is 0.805. The molecule has 0 bridgehead atoms. The van der Waals surface area contributed by atoms with Crippen LogP contribution in [0, 0.1) is 12.7 Å². The second kappa shape index (κ2) is 7.99. The van der Waals surface area contributed by atoms with E-state index < -0.39 is 21.9 Å². The van der Waals surface area contributed by atoms with Gasteiger partial charge in [0.05, 0.1) is 12.4 Å². The molecule has 1 heterocycles. The Bertz CT molecular complexity index is 913. The molecule has 0 aliphatic carbocycles. The molecule has 2 N–H and O–H groups in total. The van der Waals surface area contributed by atoms with Crippen LogP contribution in [-0.2, 0) is 10.0 Å². The number of aromatic nitrogens is 2. The third kappa shape index (κ3) is 5.00. The van der Waals surface area contributed by atoms with Crippen LogP contribution in [-0.4, -0.2) is 24.4 Å². The van der Waals surface area contributed by atoms with E-state index in [4.69, 9.17) is 0 Å². The molecule has 0 fully saturated rings. The molecule has 2 amide bonds. The zero-order chi connectivity index (χ0) is 20.4. The molecule has 1 aromatic heterocycles. The largest absolute Gasteiger partial charge is 0.333 e. The Morgan fingerprint density at radius 3 is 1.96 bits per heavy atom. The van der Waals surface area contributed by atoms with Crippen LogP contribution in [0.15, 0.2) is 29.4 Å². The van der Waals surface area contributed by atoms with E-state index in [1.807, 2.05) is 32.4 Å². The van der Waals surface area contributed by atoms with Gasteiger partial charge in [-0.1, -0.05) is 27.7 Å². The van der Waals surface area contributed by atoms with Crippen LogP contribution in [0.4, 0.5) is 14.9 Å². The van der Waals surface area contributed by atoms with E-state index in [-0.39, 0.29) is 16.7 Å². The van der Waals surface area contributed by atoms with E-state index in [1.54, 1.807) is 6.92 Å². The van der Waals surface area contributed by atoms with E-state index >= 15 is 0 Å². The monoisotopic (exact) mass is 394 g/mol. The lowest BCUT2D eigenvalue weighted by atomic mass is 9.92. The van der Waals surface area contributed by atoms with Gasteiger partial charge in [0.2, 0.25) is 0 Å². The number of halogens is 1. The Kier molecular flexibility index (Phi) is 6.15. The molecule has 0 aliphatic heterocycles. The lowest BCUT2D eigenvalue weighted by Gasteiger charge is -2.20. The minimum absolute atomic E-state index is 0.0735. The molecular formula is C18H23FN4O3S. The maximum absolute atomic E-state index is 14.0. The van der Waals surface area contributed by atoms with Crippen LogP contribution in [0.2, 0.25) is 0 Å². The fraction of sp³-hybridized carbons (Fsp3) is 0.389. The van der Waals surface area contributed by atoms with Crippen LogP contribution < -0.4 is 10.0 Å². The lowest BCUT2D eigenvalue weighted by Crippen LogP contribution is -2.35. The Labute approximate surface area is 158 Å². The summed E-state index contributed by atoms with van der Waals surface area (Å²) in [6.45, 7) is 9.07. The maximum Gasteiger partial charge on any atom is 0.333 e. The van der Waals surface area contributed by atoms with Crippen LogP contribution in [0.1, 0.15) is 56.5 Å². The lowest BCUT2D eigenvalue weighted by molar-refractivity contribution is 0.256. The first-order valence-corrected chi connectivity index (χ1v) is 9.95. The smallest absolute Gasteiger partial charge is 0.307 e. The third-order valence-corrected chi connectivity index (χ3v) is 5.23. The van der Waals surface area contributed by atoms with Crippen molar-refractivity contribution in [1.82, 2.24) is 14.7 Å². The number of sulfonamides is 1. The van der Waals surface area contributed by atoms with Crippen molar-refractivity contribution in [3.63, 3.8) is 0 Å². The predicted molar refractivity (Wildman–Crippen MR) is 101 cm³/mol. The van der Waals surface area contributed by atoms with Crippen molar-refractivity contribution in [2.75, 3.05) is 5.32 Å². The van der Waals surface area contributed by atoms with Gasteiger partial charge in [-0.05, 0) is 42.0 Å². The van der Waals surface area contributed by atoms with E-state index in [2.05, 4.69) is 15.3 Å². The Morgan fingerprint density at radius 2 is 1.52 bits per heavy atom. The van der Waals surface area contributed by atoms with Crippen LogP contribution >= 0.6 is 0 Å². The molecule has 2 rings (SSSR count). The van der Waals surface area contributed by atoms with Crippen LogP contribution in [0.3, 0.4) is 0 Å². The summed E-state index contributed by atoms with van der Waals surface area (Å²) in [5, 5.41) is 2.57. The van der Waals surface area contributed by atoms with Crippen molar-refractivity contribution in [3.05, 3.63) is 47.3 Å². The van der Waals surface area contributed by atoms with Crippen molar-refractivity contribution >= 4 is 21.7 Å². The zero-order valence-electron chi connectivity index (χ0n) is 15.9. The molecule has 9 heteroatoms. The predicted octanol–water partition coefficient (Wildman–Crippen LogP) is 3.68. The molecule has 0 aliphatic rings. The number of carbonyl (C=O) groups excluding carboxylic acids is 1. The first-order valence-electron chi connectivity index (χ1n) is 8.47. The summed E-state index contributed by atoms with van der Waals surface area (Å²) in [6, 6.07) is 1.74. The van der Waals surface area contributed by atoms with Gasteiger partial charge in [-0.25, -0.2) is 32.3 Å². The number of benzene rings is 1. The molecule has 146 valence electrons. The van der Waals surface area contributed by atoms with Gasteiger partial charge in [-0.3, -0.25) is 0 Å². The number of hydrogen-bond acceptors (Lipinski definition) is 5. The topological polar surface area (TPSA) is 101 Å². The molecule has 0 spiro atoms. The highest BCUT2D eigenvalue weighted by Gasteiger charge is 2.22. The van der Waals surface area contributed by atoms with Crippen LogP contribution in [0.25, 0.3) is 0 Å². The molecule has 0 unspecified atom stereocenters. The van der Waals surface area contributed by atoms with Gasteiger partial charge in [-0.2, -0.15) is 0 Å². The standard InChI is InChI=1S/C18H23FN4O3S/c1-10(2)15-6-13(19)7-16(11(3)4)17(15)22-18(24)23-27(25,26)14-8-20-12(5)21-9-14/h6-11H,1-5H3,(H2,22,23,24). The number of anilines is 1. The number of amides is 2. The van der Waals surface area contributed by atoms with Gasteiger partial charge in [0.15, 0.2) is 0 Å². The minimum Gasteiger partial charge on any atom is -0.307 e. The summed E-state index contributed by atoms with van der Waals surface area (Å²) in [6.07, 6.45) is 2.24. The Hall–Kier alpha value is -2.55. The second-order valence-corrected chi connectivity index (χ2v) is 8.48. The fourth-order valence-corrected chi connectivity index (χ4v) is 3.34. The SMILES string of the molecule is Cc1ncc(S(=O)(=O)NC(=O)Nc2c(C(C)C)cc(F)cc2C(C)C)cn1. The van der Waals surface area contributed by atoms with Gasteiger partial charge in [-0.15, -0.1) is 0 Å². The molecule has 0 atom stereocenters. The van der Waals surface area contributed by atoms with Gasteiger partial charge in [0.25, 0.3) is 10.0 Å². The molecule has 7 nitrogen and oxygen atoms in total. The van der Waals surface area contributed by atoms with Crippen molar-refractivity contribution in [2.24, 2.45) is 0 Å². The van der Waals surface area contributed by atoms with Crippen LogP contribution in [0.5, 0.6) is 0 Å². The van der Waals surface area contributed by atoms with Crippen molar-refractivity contribution < 1.29 is 17.6 Å². The highest BCUT2D eigenvalue weighted by molar-refractivity contribution is 7.90. The summed E-state index contributed by atoms with van der Waals surface area (Å²) in [5.74, 6) is -0.142. The summed E-state index contributed by atoms with van der Waals surface area (Å²) in [4.78, 5) is 19.8. The summed E-state index contributed by atoms with van der Waals surface area (Å²) < 4.78 is 40.5. The first kappa shape index (κ1) is 20.8. The molecular weight excluding hydrogens is 371 g/mol. The highest BCUT2D eigenvalue weighted by atomic mass is 32.2. The molecule has 0 saturated heterocycles. The molecule has 0 radical (unpaired) electrons. The Balaban J connectivity index is 2.33. The number of nitrogens with one attached hydrogen (secondary N) is 2. The molecule has 27 heavy (non-hydrogen) atoms. The van der Waals surface area contributed by atoms with Gasteiger partial charge < -0.3 is 5.32 Å².